The van der Waals surface area contributed by atoms with E-state index in [2.05, 4.69) is 15.3 Å². The summed E-state index contributed by atoms with van der Waals surface area (Å²) in [4.78, 5) is 28.8. The molecule has 2 rings (SSSR count). The van der Waals surface area contributed by atoms with Gasteiger partial charge in [0, 0.05) is 0 Å². The Morgan fingerprint density at radius 2 is 2.50 bits per heavy atom. The predicted molar refractivity (Wildman–Crippen MR) is 63.2 cm³/mol. The lowest BCUT2D eigenvalue weighted by Gasteiger charge is -2.26. The maximum absolute atomic E-state index is 11.3. The van der Waals surface area contributed by atoms with E-state index in [0.717, 1.165) is 0 Å². The van der Waals surface area contributed by atoms with Gasteiger partial charge in [0.1, 0.15) is 11.1 Å². The number of carbonyl (C=O) groups is 1. The molecule has 8 heteroatoms. The molecular formula is C10H14N4O4. The summed E-state index contributed by atoms with van der Waals surface area (Å²) in [7, 11) is 0. The Morgan fingerprint density at radius 1 is 1.78 bits per heavy atom. The predicted octanol–water partition coefficient (Wildman–Crippen LogP) is -0.746. The minimum atomic E-state index is -1.07. The maximum atomic E-state index is 11.3. The van der Waals surface area contributed by atoms with Gasteiger partial charge in [-0.05, 0) is 6.92 Å². The van der Waals surface area contributed by atoms with E-state index < -0.39 is 23.0 Å². The molecule has 5 N–H and O–H groups in total. The van der Waals surface area contributed by atoms with Crippen molar-refractivity contribution in [3.8, 4) is 0 Å². The number of nitrogens with zero attached hydrogens (tertiary/aromatic N) is 1. The second kappa shape index (κ2) is 4.30. The van der Waals surface area contributed by atoms with Gasteiger partial charge < -0.3 is 25.9 Å². The summed E-state index contributed by atoms with van der Waals surface area (Å²) >= 11 is 0. The highest BCUT2D eigenvalue weighted by molar-refractivity contribution is 5.77. The number of H-pyrrole nitrogens is 1. The number of aromatic nitrogens is 2. The van der Waals surface area contributed by atoms with Gasteiger partial charge in [-0.25, -0.2) is 4.98 Å². The molecule has 0 amide bonds. The summed E-state index contributed by atoms with van der Waals surface area (Å²) in [6.45, 7) is 1.89. The summed E-state index contributed by atoms with van der Waals surface area (Å²) < 4.78 is 5.18. The van der Waals surface area contributed by atoms with Gasteiger partial charge in [0.05, 0.1) is 25.6 Å². The summed E-state index contributed by atoms with van der Waals surface area (Å²) in [5, 5.41) is 12.1. The van der Waals surface area contributed by atoms with Gasteiger partial charge in [-0.3, -0.25) is 9.59 Å². The highest BCUT2D eigenvalue weighted by Gasteiger charge is 2.47. The Bertz CT molecular complexity index is 529. The third kappa shape index (κ3) is 1.90. The number of carboxylic acid groups (broad SMARTS) is 1. The first kappa shape index (κ1) is 12.4. The minimum Gasteiger partial charge on any atom is -0.481 e. The van der Waals surface area contributed by atoms with Gasteiger partial charge in [-0.15, -0.1) is 0 Å². The average molecular weight is 254 g/mol. The number of aromatic amines is 1. The van der Waals surface area contributed by atoms with E-state index >= 15 is 0 Å². The van der Waals surface area contributed by atoms with Crippen LogP contribution in [0.3, 0.4) is 0 Å². The molecule has 1 fully saturated rings. The average Bonchev–Trinajstić information content (AvgIpc) is 2.68. The molecule has 1 saturated heterocycles. The van der Waals surface area contributed by atoms with Crippen LogP contribution < -0.4 is 16.6 Å². The molecule has 0 aromatic carbocycles. The summed E-state index contributed by atoms with van der Waals surface area (Å²) in [5.41, 5.74) is 3.95. The first-order valence-corrected chi connectivity index (χ1v) is 5.36. The van der Waals surface area contributed by atoms with E-state index in [9.17, 15) is 14.7 Å². The van der Waals surface area contributed by atoms with Gasteiger partial charge in [0.25, 0.3) is 5.56 Å². The largest absolute Gasteiger partial charge is 0.481 e. The molecule has 0 bridgehead atoms. The molecule has 2 unspecified atom stereocenters. The lowest BCUT2D eigenvalue weighted by atomic mass is 9.85. The van der Waals surface area contributed by atoms with Crippen LogP contribution in [0.4, 0.5) is 11.5 Å². The second-order valence-corrected chi connectivity index (χ2v) is 4.43. The van der Waals surface area contributed by atoms with Crippen molar-refractivity contribution in [2.75, 3.05) is 24.3 Å². The number of hydrogen-bond acceptors (Lipinski definition) is 6. The number of carboxylic acids is 1. The van der Waals surface area contributed by atoms with Crippen LogP contribution in [-0.4, -0.2) is 40.3 Å². The monoisotopic (exact) mass is 254 g/mol. The lowest BCUT2D eigenvalue weighted by Crippen LogP contribution is -2.44. The number of rotatable bonds is 3. The topological polar surface area (TPSA) is 130 Å². The van der Waals surface area contributed by atoms with Crippen LogP contribution >= 0.6 is 0 Å². The number of nitrogens with one attached hydrogen (secondary N) is 2. The molecule has 0 spiro atoms. The van der Waals surface area contributed by atoms with Crippen molar-refractivity contribution in [2.24, 2.45) is 5.41 Å². The molecule has 1 aliphatic rings. The van der Waals surface area contributed by atoms with Crippen LogP contribution in [0.5, 0.6) is 0 Å². The normalized spacial score (nSPS) is 27.1. The fraction of sp³-hybridized carbons (Fsp3) is 0.500. The Labute approximate surface area is 102 Å². The van der Waals surface area contributed by atoms with Gasteiger partial charge in [0.2, 0.25) is 0 Å². The smallest absolute Gasteiger partial charge is 0.313 e. The highest BCUT2D eigenvalue weighted by atomic mass is 16.5. The third-order valence-electron chi connectivity index (χ3n) is 3.14. The summed E-state index contributed by atoms with van der Waals surface area (Å²) in [6, 6.07) is -0.494. The second-order valence-electron chi connectivity index (χ2n) is 4.43. The van der Waals surface area contributed by atoms with E-state index in [4.69, 9.17) is 10.5 Å². The lowest BCUT2D eigenvalue weighted by molar-refractivity contribution is -0.148. The van der Waals surface area contributed by atoms with Crippen LogP contribution in [0.15, 0.2) is 11.1 Å². The molecule has 18 heavy (non-hydrogen) atoms. The molecule has 2 atom stereocenters. The Hall–Kier alpha value is -2.09. The molecule has 98 valence electrons. The summed E-state index contributed by atoms with van der Waals surface area (Å²) in [5.74, 6) is -0.803. The fourth-order valence-corrected chi connectivity index (χ4v) is 1.78. The van der Waals surface area contributed by atoms with Gasteiger partial charge in [0.15, 0.2) is 5.82 Å². The number of anilines is 2. The molecule has 1 aromatic heterocycles. The molecular weight excluding hydrogens is 240 g/mol. The molecule has 0 aliphatic carbocycles. The van der Waals surface area contributed by atoms with Crippen LogP contribution in [0.2, 0.25) is 0 Å². The van der Waals surface area contributed by atoms with Crippen LogP contribution in [0, 0.1) is 5.41 Å². The number of ether oxygens (including phenoxy) is 1. The number of hydrogen-bond donors (Lipinski definition) is 4. The van der Waals surface area contributed by atoms with E-state index in [1.807, 2.05) is 0 Å². The van der Waals surface area contributed by atoms with Gasteiger partial charge in [-0.2, -0.15) is 0 Å². The van der Waals surface area contributed by atoms with Gasteiger partial charge >= 0.3 is 5.97 Å². The molecule has 1 aromatic rings. The Morgan fingerprint density at radius 3 is 3.17 bits per heavy atom. The van der Waals surface area contributed by atoms with E-state index in [-0.39, 0.29) is 24.7 Å². The standard InChI is InChI=1S/C10H14N4O4/c1-10(9(16)17)3-18-2-5(10)14-7-6(11)8(15)13-4-12-7/h4-5H,2-3,11H2,1H3,(H,16,17)(H2,12,13,14,15). The van der Waals surface area contributed by atoms with Crippen molar-refractivity contribution in [1.82, 2.24) is 9.97 Å². The van der Waals surface area contributed by atoms with Crippen LogP contribution in [0.1, 0.15) is 6.92 Å². The minimum absolute atomic E-state index is 0.0721. The molecule has 8 nitrogen and oxygen atoms in total. The quantitative estimate of drug-likeness (QED) is 0.558. The number of aliphatic carboxylic acids is 1. The van der Waals surface area contributed by atoms with Crippen molar-refractivity contribution < 1.29 is 14.6 Å². The zero-order valence-corrected chi connectivity index (χ0v) is 9.77. The van der Waals surface area contributed by atoms with Crippen molar-refractivity contribution in [1.29, 1.82) is 0 Å². The van der Waals surface area contributed by atoms with Crippen molar-refractivity contribution in [3.05, 3.63) is 16.7 Å². The fourth-order valence-electron chi connectivity index (χ4n) is 1.78. The van der Waals surface area contributed by atoms with Crippen molar-refractivity contribution in [3.63, 3.8) is 0 Å². The van der Waals surface area contributed by atoms with E-state index in [1.54, 1.807) is 6.92 Å². The Kier molecular flexibility index (Phi) is 2.95. The van der Waals surface area contributed by atoms with Crippen LogP contribution in [-0.2, 0) is 9.53 Å². The molecule has 2 heterocycles. The van der Waals surface area contributed by atoms with Gasteiger partial charge in [-0.1, -0.05) is 0 Å². The highest BCUT2D eigenvalue weighted by Crippen LogP contribution is 2.31. The number of nitrogens with two attached hydrogens (primary N) is 1. The van der Waals surface area contributed by atoms with Crippen molar-refractivity contribution >= 4 is 17.5 Å². The Balaban J connectivity index is 2.26. The van der Waals surface area contributed by atoms with E-state index in [1.165, 1.54) is 6.33 Å². The molecule has 1 aliphatic heterocycles. The first-order chi connectivity index (χ1) is 8.45. The first-order valence-electron chi connectivity index (χ1n) is 5.36. The summed E-state index contributed by atoms with van der Waals surface area (Å²) in [6.07, 6.45) is 1.20. The van der Waals surface area contributed by atoms with Crippen LogP contribution in [0.25, 0.3) is 0 Å². The van der Waals surface area contributed by atoms with E-state index in [0.29, 0.717) is 0 Å². The molecule has 0 radical (unpaired) electrons. The zero-order valence-electron chi connectivity index (χ0n) is 9.77. The number of nitrogen functional groups attached to an aromatic ring is 1. The zero-order chi connectivity index (χ0) is 13.3. The molecule has 0 saturated carbocycles. The maximum Gasteiger partial charge on any atom is 0.313 e. The third-order valence-corrected chi connectivity index (χ3v) is 3.14. The SMILES string of the molecule is CC1(C(=O)O)COCC1Nc1nc[nH]c(=O)c1N. The van der Waals surface area contributed by atoms with Crippen molar-refractivity contribution in [2.45, 2.75) is 13.0 Å².